The van der Waals surface area contributed by atoms with E-state index in [2.05, 4.69) is 11.9 Å². The largest absolute Gasteiger partial charge is 0.494 e. The molecule has 0 aliphatic rings. The summed E-state index contributed by atoms with van der Waals surface area (Å²) in [5.41, 5.74) is 0.940. The molecule has 0 heterocycles. The van der Waals surface area contributed by atoms with Crippen molar-refractivity contribution in [3.63, 3.8) is 0 Å². The lowest BCUT2D eigenvalue weighted by molar-refractivity contribution is -0.132. The fourth-order valence-corrected chi connectivity index (χ4v) is 1.15. The lowest BCUT2D eigenvalue weighted by Crippen LogP contribution is -2.11. The molecule has 1 aromatic rings. The Morgan fingerprint density at radius 2 is 2.31 bits per heavy atom. The minimum atomic E-state index is -0.992. The standard InChI is InChI=1S/C12H15NO3/c1-3-16-11-6-4-5-10(7-11)13-8-9(2)12(14)15/h4-7,13H,2-3,8H2,1H3,(H,14,15). The maximum Gasteiger partial charge on any atom is 0.332 e. The molecule has 1 aromatic carbocycles. The predicted molar refractivity (Wildman–Crippen MR) is 62.9 cm³/mol. The number of rotatable bonds is 6. The Morgan fingerprint density at radius 1 is 1.56 bits per heavy atom. The zero-order chi connectivity index (χ0) is 12.0. The molecule has 0 radical (unpaired) electrons. The van der Waals surface area contributed by atoms with Crippen LogP contribution >= 0.6 is 0 Å². The van der Waals surface area contributed by atoms with Crippen LogP contribution in [-0.4, -0.2) is 24.2 Å². The van der Waals surface area contributed by atoms with E-state index < -0.39 is 5.97 Å². The lowest BCUT2D eigenvalue weighted by atomic mass is 10.2. The zero-order valence-corrected chi connectivity index (χ0v) is 9.19. The Hall–Kier alpha value is -1.97. The predicted octanol–water partition coefficient (Wildman–Crippen LogP) is 2.14. The fraction of sp³-hybridized carbons (Fsp3) is 0.250. The first-order valence-electron chi connectivity index (χ1n) is 5.01. The average molecular weight is 221 g/mol. The van der Waals surface area contributed by atoms with Crippen molar-refractivity contribution in [2.45, 2.75) is 6.92 Å². The summed E-state index contributed by atoms with van der Waals surface area (Å²) in [6.07, 6.45) is 0. The summed E-state index contributed by atoms with van der Waals surface area (Å²) in [6, 6.07) is 7.35. The van der Waals surface area contributed by atoms with E-state index in [1.165, 1.54) is 0 Å². The van der Waals surface area contributed by atoms with Gasteiger partial charge in [0.2, 0.25) is 0 Å². The van der Waals surface area contributed by atoms with Gasteiger partial charge in [0.15, 0.2) is 0 Å². The van der Waals surface area contributed by atoms with Gasteiger partial charge < -0.3 is 15.2 Å². The van der Waals surface area contributed by atoms with E-state index in [0.29, 0.717) is 6.61 Å². The van der Waals surface area contributed by atoms with Crippen molar-refractivity contribution in [3.8, 4) is 5.75 Å². The van der Waals surface area contributed by atoms with Gasteiger partial charge >= 0.3 is 5.97 Å². The van der Waals surface area contributed by atoms with Crippen LogP contribution in [0, 0.1) is 0 Å². The number of nitrogens with one attached hydrogen (secondary N) is 1. The van der Waals surface area contributed by atoms with E-state index in [9.17, 15) is 4.79 Å². The summed E-state index contributed by atoms with van der Waals surface area (Å²) >= 11 is 0. The second kappa shape index (κ2) is 5.80. The first kappa shape index (κ1) is 12.1. The number of anilines is 1. The molecule has 0 saturated carbocycles. The van der Waals surface area contributed by atoms with Crippen LogP contribution in [0.3, 0.4) is 0 Å². The molecule has 0 atom stereocenters. The highest BCUT2D eigenvalue weighted by molar-refractivity contribution is 5.86. The lowest BCUT2D eigenvalue weighted by Gasteiger charge is -2.08. The number of carboxylic acid groups (broad SMARTS) is 1. The van der Waals surface area contributed by atoms with Crippen molar-refractivity contribution in [2.75, 3.05) is 18.5 Å². The van der Waals surface area contributed by atoms with Gasteiger partial charge in [-0.1, -0.05) is 12.6 Å². The van der Waals surface area contributed by atoms with E-state index >= 15 is 0 Å². The van der Waals surface area contributed by atoms with Gasteiger partial charge in [0.25, 0.3) is 0 Å². The van der Waals surface area contributed by atoms with E-state index in [0.717, 1.165) is 11.4 Å². The molecule has 2 N–H and O–H groups in total. The first-order valence-corrected chi connectivity index (χ1v) is 5.01. The Kier molecular flexibility index (Phi) is 4.39. The summed E-state index contributed by atoms with van der Waals surface area (Å²) in [5.74, 6) is -0.234. The second-order valence-corrected chi connectivity index (χ2v) is 3.22. The number of benzene rings is 1. The third-order valence-corrected chi connectivity index (χ3v) is 1.95. The number of ether oxygens (including phenoxy) is 1. The molecular formula is C12H15NO3. The van der Waals surface area contributed by atoms with Gasteiger partial charge in [-0.25, -0.2) is 4.79 Å². The van der Waals surface area contributed by atoms with E-state index in [4.69, 9.17) is 9.84 Å². The molecule has 0 bridgehead atoms. The topological polar surface area (TPSA) is 58.6 Å². The second-order valence-electron chi connectivity index (χ2n) is 3.22. The van der Waals surface area contributed by atoms with Crippen molar-refractivity contribution in [3.05, 3.63) is 36.4 Å². The van der Waals surface area contributed by atoms with Crippen LogP contribution in [0.2, 0.25) is 0 Å². The molecule has 0 amide bonds. The Morgan fingerprint density at radius 3 is 2.94 bits per heavy atom. The number of aliphatic carboxylic acids is 1. The molecular weight excluding hydrogens is 206 g/mol. The normalized spacial score (nSPS) is 9.56. The van der Waals surface area contributed by atoms with Gasteiger partial charge in [-0.3, -0.25) is 0 Å². The highest BCUT2D eigenvalue weighted by atomic mass is 16.5. The summed E-state index contributed by atoms with van der Waals surface area (Å²) in [4.78, 5) is 10.5. The third kappa shape index (κ3) is 3.65. The van der Waals surface area contributed by atoms with Gasteiger partial charge in [-0.15, -0.1) is 0 Å². The summed E-state index contributed by atoms with van der Waals surface area (Å²) in [6.45, 7) is 6.16. The smallest absolute Gasteiger partial charge is 0.332 e. The van der Waals surface area contributed by atoms with E-state index in [1.54, 1.807) is 0 Å². The van der Waals surface area contributed by atoms with Crippen molar-refractivity contribution < 1.29 is 14.6 Å². The molecule has 0 fully saturated rings. The first-order chi connectivity index (χ1) is 7.63. The van der Waals surface area contributed by atoms with Gasteiger partial charge in [0, 0.05) is 23.9 Å². The molecule has 16 heavy (non-hydrogen) atoms. The number of hydrogen-bond acceptors (Lipinski definition) is 3. The highest BCUT2D eigenvalue weighted by Gasteiger charge is 2.03. The van der Waals surface area contributed by atoms with Gasteiger partial charge in [-0.05, 0) is 19.1 Å². The zero-order valence-electron chi connectivity index (χ0n) is 9.19. The monoisotopic (exact) mass is 221 g/mol. The molecule has 0 spiro atoms. The molecule has 0 aliphatic heterocycles. The fourth-order valence-electron chi connectivity index (χ4n) is 1.15. The van der Waals surface area contributed by atoms with Crippen LogP contribution in [0.25, 0.3) is 0 Å². The van der Waals surface area contributed by atoms with Crippen LogP contribution < -0.4 is 10.1 Å². The number of carbonyl (C=O) groups is 1. The van der Waals surface area contributed by atoms with Crippen molar-refractivity contribution >= 4 is 11.7 Å². The summed E-state index contributed by atoms with van der Waals surface area (Å²) < 4.78 is 5.32. The molecule has 1 rings (SSSR count). The molecule has 0 unspecified atom stereocenters. The van der Waals surface area contributed by atoms with Gasteiger partial charge in [0.05, 0.1) is 6.61 Å². The molecule has 86 valence electrons. The minimum Gasteiger partial charge on any atom is -0.494 e. The quantitative estimate of drug-likeness (QED) is 0.722. The van der Waals surface area contributed by atoms with Crippen molar-refractivity contribution in [1.29, 1.82) is 0 Å². The Bertz CT molecular complexity index is 388. The van der Waals surface area contributed by atoms with Crippen molar-refractivity contribution in [1.82, 2.24) is 0 Å². The van der Waals surface area contributed by atoms with E-state index in [1.807, 2.05) is 31.2 Å². The van der Waals surface area contributed by atoms with Crippen LogP contribution in [0.1, 0.15) is 6.92 Å². The molecule has 0 aromatic heterocycles. The third-order valence-electron chi connectivity index (χ3n) is 1.95. The molecule has 4 nitrogen and oxygen atoms in total. The number of hydrogen-bond donors (Lipinski definition) is 2. The minimum absolute atomic E-state index is 0.127. The maximum atomic E-state index is 10.5. The van der Waals surface area contributed by atoms with Gasteiger partial charge in [0.1, 0.15) is 5.75 Å². The van der Waals surface area contributed by atoms with Crippen LogP contribution in [0.15, 0.2) is 36.4 Å². The Balaban J connectivity index is 2.57. The highest BCUT2D eigenvalue weighted by Crippen LogP contribution is 2.17. The van der Waals surface area contributed by atoms with Crippen molar-refractivity contribution in [2.24, 2.45) is 0 Å². The number of carboxylic acids is 1. The summed E-state index contributed by atoms with van der Waals surface area (Å²) in [5, 5.41) is 11.6. The molecule has 4 heteroatoms. The Labute approximate surface area is 94.6 Å². The SMILES string of the molecule is C=C(CNc1cccc(OCC)c1)C(=O)O. The average Bonchev–Trinajstić information content (AvgIpc) is 2.26. The van der Waals surface area contributed by atoms with Crippen LogP contribution in [-0.2, 0) is 4.79 Å². The molecule has 0 aliphatic carbocycles. The maximum absolute atomic E-state index is 10.5. The van der Waals surface area contributed by atoms with Crippen LogP contribution in [0.5, 0.6) is 5.75 Å². The summed E-state index contributed by atoms with van der Waals surface area (Å²) in [7, 11) is 0. The van der Waals surface area contributed by atoms with E-state index in [-0.39, 0.29) is 12.1 Å². The van der Waals surface area contributed by atoms with Crippen LogP contribution in [0.4, 0.5) is 5.69 Å². The van der Waals surface area contributed by atoms with Gasteiger partial charge in [-0.2, -0.15) is 0 Å². The molecule has 0 saturated heterocycles.